The highest BCUT2D eigenvalue weighted by Crippen LogP contribution is 2.17. The van der Waals surface area contributed by atoms with Crippen LogP contribution in [0.2, 0.25) is 0 Å². The smallest absolute Gasteiger partial charge is 0.252 e. The summed E-state index contributed by atoms with van der Waals surface area (Å²) < 4.78 is 12.8. The van der Waals surface area contributed by atoms with E-state index in [0.717, 1.165) is 5.56 Å². The van der Waals surface area contributed by atoms with E-state index in [0.29, 0.717) is 11.6 Å². The Labute approximate surface area is 104 Å². The van der Waals surface area contributed by atoms with Gasteiger partial charge in [-0.15, -0.1) is 0 Å². The molecule has 0 fully saturated rings. The molecule has 1 aromatic carbocycles. The molecule has 0 aliphatic heterocycles. The minimum Gasteiger partial charge on any atom is -0.363 e. The highest BCUT2D eigenvalue weighted by molar-refractivity contribution is 5.37. The lowest BCUT2D eigenvalue weighted by molar-refractivity contribution is 0.626. The Kier molecular flexibility index (Phi) is 3.41. The van der Waals surface area contributed by atoms with Crippen molar-refractivity contribution in [1.82, 2.24) is 9.97 Å². The van der Waals surface area contributed by atoms with Gasteiger partial charge in [0, 0.05) is 12.1 Å². The molecule has 2 rings (SSSR count). The van der Waals surface area contributed by atoms with Crippen LogP contribution in [-0.4, -0.2) is 9.97 Å². The predicted molar refractivity (Wildman–Crippen MR) is 68.0 cm³/mol. The van der Waals surface area contributed by atoms with Crippen LogP contribution in [0.3, 0.4) is 0 Å². The number of aromatic nitrogens is 2. The van der Waals surface area contributed by atoms with Gasteiger partial charge in [-0.3, -0.25) is 4.79 Å². The van der Waals surface area contributed by atoms with E-state index in [1.807, 2.05) is 6.92 Å². The van der Waals surface area contributed by atoms with E-state index in [4.69, 9.17) is 0 Å². The van der Waals surface area contributed by atoms with Gasteiger partial charge >= 0.3 is 0 Å². The Morgan fingerprint density at radius 3 is 2.61 bits per heavy atom. The zero-order valence-electron chi connectivity index (χ0n) is 10.2. The summed E-state index contributed by atoms with van der Waals surface area (Å²) in [4.78, 5) is 18.0. The molecule has 1 heterocycles. The lowest BCUT2D eigenvalue weighted by atomic mass is 10.1. The lowest BCUT2D eigenvalue weighted by Gasteiger charge is -2.14. The number of halogens is 1. The van der Waals surface area contributed by atoms with Crippen molar-refractivity contribution in [2.75, 3.05) is 5.32 Å². The maximum Gasteiger partial charge on any atom is 0.252 e. The number of hydrogen-bond acceptors (Lipinski definition) is 3. The third-order valence-electron chi connectivity index (χ3n) is 2.59. The van der Waals surface area contributed by atoms with E-state index in [1.165, 1.54) is 18.2 Å². The number of hydrogen-bond donors (Lipinski definition) is 2. The SMILES string of the molecule is Cc1nc(NC(C)c2ccc(F)cc2)cc(=O)[nH]1. The van der Waals surface area contributed by atoms with Crippen LogP contribution in [0.1, 0.15) is 24.4 Å². The Balaban J connectivity index is 2.18. The van der Waals surface area contributed by atoms with Crippen LogP contribution in [0.5, 0.6) is 0 Å². The molecule has 4 nitrogen and oxygen atoms in total. The first-order chi connectivity index (χ1) is 8.54. The molecular formula is C13H14FN3O. The second-order valence-corrected chi connectivity index (χ2v) is 4.13. The average molecular weight is 247 g/mol. The maximum absolute atomic E-state index is 12.8. The number of aromatic amines is 1. The lowest BCUT2D eigenvalue weighted by Crippen LogP contribution is -2.14. The van der Waals surface area contributed by atoms with Crippen LogP contribution >= 0.6 is 0 Å². The molecule has 18 heavy (non-hydrogen) atoms. The maximum atomic E-state index is 12.8. The molecule has 0 bridgehead atoms. The van der Waals surface area contributed by atoms with E-state index in [1.54, 1.807) is 19.1 Å². The van der Waals surface area contributed by atoms with Crippen LogP contribution < -0.4 is 10.9 Å². The minimum atomic E-state index is -0.268. The van der Waals surface area contributed by atoms with Gasteiger partial charge < -0.3 is 10.3 Å². The van der Waals surface area contributed by atoms with Gasteiger partial charge in [0.15, 0.2) is 0 Å². The highest BCUT2D eigenvalue weighted by atomic mass is 19.1. The minimum absolute atomic E-state index is 0.0562. The van der Waals surface area contributed by atoms with Crippen LogP contribution in [0.25, 0.3) is 0 Å². The standard InChI is InChI=1S/C13H14FN3O/c1-8(10-3-5-11(14)6-4-10)15-12-7-13(18)17-9(2)16-12/h3-8H,1-2H3,(H2,15,16,17,18). The normalized spacial score (nSPS) is 12.2. The molecule has 0 radical (unpaired) electrons. The summed E-state index contributed by atoms with van der Waals surface area (Å²) in [6.07, 6.45) is 0. The number of rotatable bonds is 3. The monoisotopic (exact) mass is 247 g/mol. The second-order valence-electron chi connectivity index (χ2n) is 4.13. The number of benzene rings is 1. The number of nitrogens with one attached hydrogen (secondary N) is 2. The second kappa shape index (κ2) is 5.00. The predicted octanol–water partition coefficient (Wildman–Crippen LogP) is 2.39. The van der Waals surface area contributed by atoms with Gasteiger partial charge in [-0.25, -0.2) is 9.37 Å². The van der Waals surface area contributed by atoms with Crippen LogP contribution in [0, 0.1) is 12.7 Å². The highest BCUT2D eigenvalue weighted by Gasteiger charge is 2.07. The van der Waals surface area contributed by atoms with Gasteiger partial charge in [0.1, 0.15) is 17.5 Å². The number of H-pyrrole nitrogens is 1. The number of aryl methyl sites for hydroxylation is 1. The number of anilines is 1. The van der Waals surface area contributed by atoms with Crippen molar-refractivity contribution < 1.29 is 4.39 Å². The fourth-order valence-electron chi connectivity index (χ4n) is 1.71. The van der Waals surface area contributed by atoms with Crippen molar-refractivity contribution >= 4 is 5.82 Å². The summed E-state index contributed by atoms with van der Waals surface area (Å²) in [5.41, 5.74) is 0.729. The van der Waals surface area contributed by atoms with Gasteiger partial charge in [0.2, 0.25) is 0 Å². The van der Waals surface area contributed by atoms with Crippen LogP contribution in [0.15, 0.2) is 35.1 Å². The van der Waals surface area contributed by atoms with Crippen molar-refractivity contribution in [2.24, 2.45) is 0 Å². The topological polar surface area (TPSA) is 57.8 Å². The Morgan fingerprint density at radius 2 is 2.00 bits per heavy atom. The summed E-state index contributed by atoms with van der Waals surface area (Å²) in [6.45, 7) is 3.64. The molecule has 0 amide bonds. The zero-order valence-corrected chi connectivity index (χ0v) is 10.2. The van der Waals surface area contributed by atoms with Gasteiger partial charge in [-0.05, 0) is 31.5 Å². The molecule has 0 aliphatic rings. The Bertz CT molecular complexity index is 592. The average Bonchev–Trinajstić information content (AvgIpc) is 2.28. The van der Waals surface area contributed by atoms with Crippen molar-refractivity contribution in [3.8, 4) is 0 Å². The quantitative estimate of drug-likeness (QED) is 0.875. The largest absolute Gasteiger partial charge is 0.363 e. The van der Waals surface area contributed by atoms with E-state index >= 15 is 0 Å². The zero-order chi connectivity index (χ0) is 13.1. The number of nitrogens with zero attached hydrogens (tertiary/aromatic N) is 1. The Morgan fingerprint density at radius 1 is 1.33 bits per heavy atom. The third kappa shape index (κ3) is 2.94. The molecular weight excluding hydrogens is 233 g/mol. The van der Waals surface area contributed by atoms with Crippen molar-refractivity contribution in [2.45, 2.75) is 19.9 Å². The molecule has 0 saturated heterocycles. The first kappa shape index (κ1) is 12.3. The molecule has 5 heteroatoms. The first-order valence-electron chi connectivity index (χ1n) is 5.64. The first-order valence-corrected chi connectivity index (χ1v) is 5.64. The molecule has 0 aliphatic carbocycles. The molecule has 2 aromatic rings. The van der Waals surface area contributed by atoms with Crippen LogP contribution in [-0.2, 0) is 0 Å². The van der Waals surface area contributed by atoms with Crippen molar-refractivity contribution in [3.05, 3.63) is 57.9 Å². The van der Waals surface area contributed by atoms with Crippen molar-refractivity contribution in [3.63, 3.8) is 0 Å². The van der Waals surface area contributed by atoms with E-state index < -0.39 is 0 Å². The molecule has 0 spiro atoms. The Hall–Kier alpha value is -2.17. The molecule has 1 atom stereocenters. The third-order valence-corrected chi connectivity index (χ3v) is 2.59. The molecule has 1 unspecified atom stereocenters. The van der Waals surface area contributed by atoms with E-state index in [-0.39, 0.29) is 17.4 Å². The van der Waals surface area contributed by atoms with Gasteiger partial charge in [-0.2, -0.15) is 0 Å². The van der Waals surface area contributed by atoms with Crippen molar-refractivity contribution in [1.29, 1.82) is 0 Å². The van der Waals surface area contributed by atoms with E-state index in [9.17, 15) is 9.18 Å². The molecule has 1 aromatic heterocycles. The van der Waals surface area contributed by atoms with E-state index in [2.05, 4.69) is 15.3 Å². The summed E-state index contributed by atoms with van der Waals surface area (Å²) in [7, 11) is 0. The van der Waals surface area contributed by atoms with Crippen LogP contribution in [0.4, 0.5) is 10.2 Å². The fourth-order valence-corrected chi connectivity index (χ4v) is 1.71. The summed E-state index contributed by atoms with van der Waals surface area (Å²) in [6, 6.07) is 7.56. The summed E-state index contributed by atoms with van der Waals surface area (Å²) >= 11 is 0. The summed E-state index contributed by atoms with van der Waals surface area (Å²) in [5, 5.41) is 3.11. The molecule has 0 saturated carbocycles. The van der Waals surface area contributed by atoms with Gasteiger partial charge in [0.05, 0.1) is 0 Å². The van der Waals surface area contributed by atoms with Gasteiger partial charge in [0.25, 0.3) is 5.56 Å². The van der Waals surface area contributed by atoms with Gasteiger partial charge in [-0.1, -0.05) is 12.1 Å². The summed E-state index contributed by atoms with van der Waals surface area (Å²) in [5.74, 6) is 0.792. The molecule has 2 N–H and O–H groups in total. The molecule has 94 valence electrons. The fraction of sp³-hybridized carbons (Fsp3) is 0.231.